The van der Waals surface area contributed by atoms with E-state index in [4.69, 9.17) is 0 Å². The lowest BCUT2D eigenvalue weighted by Crippen LogP contribution is -2.15. The van der Waals surface area contributed by atoms with Gasteiger partial charge in [0.2, 0.25) is 0 Å². The molecule has 1 fully saturated rings. The molecule has 2 nitrogen and oxygen atoms in total. The minimum absolute atomic E-state index is 0.779. The molecule has 0 spiro atoms. The van der Waals surface area contributed by atoms with Crippen molar-refractivity contribution in [1.82, 2.24) is 9.88 Å². The van der Waals surface area contributed by atoms with Gasteiger partial charge in [-0.1, -0.05) is 18.6 Å². The zero-order chi connectivity index (χ0) is 14.5. The van der Waals surface area contributed by atoms with E-state index < -0.39 is 0 Å². The molecule has 2 heteroatoms. The molecule has 1 aliphatic carbocycles. The minimum Gasteiger partial charge on any atom is -0.347 e. The summed E-state index contributed by atoms with van der Waals surface area (Å²) >= 11 is 0. The van der Waals surface area contributed by atoms with Crippen molar-refractivity contribution in [2.24, 2.45) is 0 Å². The van der Waals surface area contributed by atoms with Crippen LogP contribution in [0.25, 0.3) is 10.9 Å². The van der Waals surface area contributed by atoms with Crippen molar-refractivity contribution in [3.8, 4) is 0 Å². The Labute approximate surface area is 127 Å². The highest BCUT2D eigenvalue weighted by Gasteiger charge is 2.19. The van der Waals surface area contributed by atoms with Gasteiger partial charge in [-0.2, -0.15) is 0 Å². The van der Waals surface area contributed by atoms with E-state index in [2.05, 4.69) is 46.9 Å². The predicted molar refractivity (Wildman–Crippen MR) is 90.5 cm³/mol. The molecule has 112 valence electrons. The van der Waals surface area contributed by atoms with Gasteiger partial charge in [0.25, 0.3) is 0 Å². The molecule has 1 aromatic carbocycles. The molecule has 0 aliphatic heterocycles. The fraction of sp³-hybridized carbons (Fsp3) is 0.474. The number of hydrogen-bond acceptors (Lipinski definition) is 1. The average Bonchev–Trinajstić information content (AvgIpc) is 3.25. The molecule has 0 saturated heterocycles. The van der Waals surface area contributed by atoms with Crippen LogP contribution in [0.5, 0.6) is 0 Å². The smallest absolute Gasteiger partial charge is 0.0480 e. The number of nitrogens with zero attached hydrogens (tertiary/aromatic N) is 1. The summed E-state index contributed by atoms with van der Waals surface area (Å²) in [5.74, 6) is 0. The molecular formula is C19H26N2. The average molecular weight is 282 g/mol. The van der Waals surface area contributed by atoms with Crippen LogP contribution in [0.2, 0.25) is 0 Å². The Morgan fingerprint density at radius 2 is 2.10 bits per heavy atom. The fourth-order valence-electron chi connectivity index (χ4n) is 2.85. The number of nitrogens with one attached hydrogen (secondary N) is 1. The monoisotopic (exact) mass is 282 g/mol. The van der Waals surface area contributed by atoms with E-state index in [1.807, 2.05) is 6.08 Å². The lowest BCUT2D eigenvalue weighted by Gasteiger charge is -2.07. The first-order valence-corrected chi connectivity index (χ1v) is 8.29. The van der Waals surface area contributed by atoms with Crippen molar-refractivity contribution >= 4 is 10.9 Å². The molecule has 1 heterocycles. The topological polar surface area (TPSA) is 17.0 Å². The van der Waals surface area contributed by atoms with Gasteiger partial charge >= 0.3 is 0 Å². The first-order valence-electron chi connectivity index (χ1n) is 8.29. The third-order valence-electron chi connectivity index (χ3n) is 4.31. The number of benzene rings is 1. The Bertz CT molecular complexity index is 593. The molecule has 0 amide bonds. The van der Waals surface area contributed by atoms with E-state index in [0.29, 0.717) is 0 Å². The van der Waals surface area contributed by atoms with Crippen molar-refractivity contribution in [2.75, 3.05) is 0 Å². The first-order chi connectivity index (χ1) is 10.4. The lowest BCUT2D eigenvalue weighted by molar-refractivity contribution is 0.603. The van der Waals surface area contributed by atoms with E-state index in [-0.39, 0.29) is 0 Å². The quantitative estimate of drug-likeness (QED) is 0.524. The van der Waals surface area contributed by atoms with E-state index in [1.165, 1.54) is 48.6 Å². The van der Waals surface area contributed by atoms with E-state index >= 15 is 0 Å². The van der Waals surface area contributed by atoms with Gasteiger partial charge in [-0.25, -0.2) is 0 Å². The number of hydrogen-bond donors (Lipinski definition) is 1. The summed E-state index contributed by atoms with van der Waals surface area (Å²) < 4.78 is 2.39. The maximum absolute atomic E-state index is 3.78. The molecule has 1 aliphatic rings. The predicted octanol–water partition coefficient (Wildman–Crippen LogP) is 4.64. The van der Waals surface area contributed by atoms with Crippen LogP contribution < -0.4 is 5.32 Å². The van der Waals surface area contributed by atoms with Crippen LogP contribution in [-0.4, -0.2) is 10.6 Å². The normalized spacial score (nSPS) is 14.7. The van der Waals surface area contributed by atoms with Gasteiger partial charge in [-0.15, -0.1) is 6.58 Å². The van der Waals surface area contributed by atoms with Crippen molar-refractivity contribution in [2.45, 2.75) is 57.7 Å². The standard InChI is InChI=1S/C19H26N2/c1-2-3-4-5-6-12-21-13-11-17-14-16(7-10-19(17)21)15-20-18-8-9-18/h2,7,10-11,13-14,18,20H,1,3-6,8-9,12,15H2. The first kappa shape index (κ1) is 14.4. The zero-order valence-corrected chi connectivity index (χ0v) is 12.9. The van der Waals surface area contributed by atoms with Crippen LogP contribution in [0.3, 0.4) is 0 Å². The summed E-state index contributed by atoms with van der Waals surface area (Å²) in [5.41, 5.74) is 2.77. The Hall–Kier alpha value is -1.54. The molecule has 1 saturated carbocycles. The SMILES string of the molecule is C=CCCCCCn1ccc2cc(CNC3CC3)ccc21. The van der Waals surface area contributed by atoms with Crippen LogP contribution >= 0.6 is 0 Å². The van der Waals surface area contributed by atoms with Gasteiger partial charge in [0.1, 0.15) is 0 Å². The van der Waals surface area contributed by atoms with Gasteiger partial charge in [-0.05, 0) is 61.3 Å². The maximum Gasteiger partial charge on any atom is 0.0480 e. The van der Waals surface area contributed by atoms with E-state index in [9.17, 15) is 0 Å². The van der Waals surface area contributed by atoms with E-state index in [1.54, 1.807) is 0 Å². The number of unbranched alkanes of at least 4 members (excludes halogenated alkanes) is 3. The Kier molecular flexibility index (Phi) is 4.76. The molecule has 1 aromatic heterocycles. The molecule has 0 unspecified atom stereocenters. The Morgan fingerprint density at radius 3 is 2.90 bits per heavy atom. The van der Waals surface area contributed by atoms with Gasteiger partial charge in [0, 0.05) is 30.8 Å². The van der Waals surface area contributed by atoms with Gasteiger partial charge in [-0.3, -0.25) is 0 Å². The van der Waals surface area contributed by atoms with Crippen LogP contribution in [0, 0.1) is 0 Å². The third kappa shape index (κ3) is 3.98. The van der Waals surface area contributed by atoms with Gasteiger partial charge < -0.3 is 9.88 Å². The van der Waals surface area contributed by atoms with Gasteiger partial charge in [0.05, 0.1) is 0 Å². The van der Waals surface area contributed by atoms with Crippen molar-refractivity contribution in [3.63, 3.8) is 0 Å². The second kappa shape index (κ2) is 6.95. The highest BCUT2D eigenvalue weighted by Crippen LogP contribution is 2.21. The molecular weight excluding hydrogens is 256 g/mol. The minimum atomic E-state index is 0.779. The zero-order valence-electron chi connectivity index (χ0n) is 12.9. The fourth-order valence-corrected chi connectivity index (χ4v) is 2.85. The van der Waals surface area contributed by atoms with Crippen molar-refractivity contribution < 1.29 is 0 Å². The summed E-state index contributed by atoms with van der Waals surface area (Å²) in [6.07, 6.45) is 11.9. The third-order valence-corrected chi connectivity index (χ3v) is 4.31. The highest BCUT2D eigenvalue weighted by atomic mass is 15.0. The highest BCUT2D eigenvalue weighted by molar-refractivity contribution is 5.80. The van der Waals surface area contributed by atoms with Crippen LogP contribution in [0.15, 0.2) is 43.1 Å². The maximum atomic E-state index is 3.78. The number of allylic oxidation sites excluding steroid dienone is 1. The summed E-state index contributed by atoms with van der Waals surface area (Å²) in [5, 5.41) is 4.95. The molecule has 2 aromatic rings. The second-order valence-corrected chi connectivity index (χ2v) is 6.20. The number of aryl methyl sites for hydroxylation is 1. The van der Waals surface area contributed by atoms with E-state index in [0.717, 1.165) is 25.6 Å². The van der Waals surface area contributed by atoms with Gasteiger partial charge in [0.15, 0.2) is 0 Å². The lowest BCUT2D eigenvalue weighted by atomic mass is 10.1. The second-order valence-electron chi connectivity index (χ2n) is 6.20. The number of fused-ring (bicyclic) bond motifs is 1. The number of aromatic nitrogens is 1. The summed E-state index contributed by atoms with van der Waals surface area (Å²) in [4.78, 5) is 0. The summed E-state index contributed by atoms with van der Waals surface area (Å²) in [6, 6.07) is 9.91. The van der Waals surface area contributed by atoms with Crippen molar-refractivity contribution in [3.05, 3.63) is 48.7 Å². The van der Waals surface area contributed by atoms with Crippen LogP contribution in [0.4, 0.5) is 0 Å². The summed E-state index contributed by atoms with van der Waals surface area (Å²) in [7, 11) is 0. The molecule has 0 atom stereocenters. The largest absolute Gasteiger partial charge is 0.347 e. The summed E-state index contributed by atoms with van der Waals surface area (Å²) in [6.45, 7) is 5.91. The van der Waals surface area contributed by atoms with Crippen LogP contribution in [0.1, 0.15) is 44.1 Å². The molecule has 0 radical (unpaired) electrons. The van der Waals surface area contributed by atoms with Crippen molar-refractivity contribution in [1.29, 1.82) is 0 Å². The molecule has 21 heavy (non-hydrogen) atoms. The molecule has 3 rings (SSSR count). The molecule has 1 N–H and O–H groups in total. The van der Waals surface area contributed by atoms with Crippen LogP contribution in [-0.2, 0) is 13.1 Å². The molecule has 0 bridgehead atoms. The number of rotatable bonds is 9. The Balaban J connectivity index is 1.57. The Morgan fingerprint density at radius 1 is 1.19 bits per heavy atom.